The van der Waals surface area contributed by atoms with Crippen molar-refractivity contribution in [2.24, 2.45) is 0 Å². The van der Waals surface area contributed by atoms with Crippen LogP contribution in [0.4, 0.5) is 17.3 Å². The smallest absolute Gasteiger partial charge is 0.274 e. The Morgan fingerprint density at radius 1 is 1.19 bits per heavy atom. The van der Waals surface area contributed by atoms with Crippen molar-refractivity contribution in [2.45, 2.75) is 44.2 Å². The molecule has 0 radical (unpaired) electrons. The van der Waals surface area contributed by atoms with Crippen molar-refractivity contribution in [1.29, 1.82) is 5.26 Å². The molecule has 0 aromatic carbocycles. The zero-order valence-electron chi connectivity index (χ0n) is 17.8. The number of nitrogens with zero attached hydrogens (tertiary/aromatic N) is 5. The lowest BCUT2D eigenvalue weighted by Crippen LogP contribution is -2.42. The number of nitrogens with one attached hydrogen (secondary N) is 4. The molecule has 11 heteroatoms. The summed E-state index contributed by atoms with van der Waals surface area (Å²) < 4.78 is 5.75. The minimum Gasteiger partial charge on any atom is -0.380 e. The molecule has 1 amide bonds. The van der Waals surface area contributed by atoms with Gasteiger partial charge in [0.25, 0.3) is 5.91 Å². The van der Waals surface area contributed by atoms with Crippen molar-refractivity contribution >= 4 is 23.2 Å². The fraction of sp³-hybridized carbons (Fsp3) is 0.524. The van der Waals surface area contributed by atoms with Crippen molar-refractivity contribution in [2.75, 3.05) is 36.9 Å². The second kappa shape index (κ2) is 10.8. The minimum absolute atomic E-state index is 0.00743. The Labute approximate surface area is 186 Å². The van der Waals surface area contributed by atoms with Gasteiger partial charge in [0.05, 0.1) is 30.8 Å². The highest BCUT2D eigenvalue weighted by Gasteiger charge is 2.22. The van der Waals surface area contributed by atoms with E-state index in [2.05, 4.69) is 41.4 Å². The third kappa shape index (κ3) is 5.87. The van der Waals surface area contributed by atoms with Crippen LogP contribution in [0, 0.1) is 11.3 Å². The second-order valence-corrected chi connectivity index (χ2v) is 7.90. The molecule has 1 saturated heterocycles. The van der Waals surface area contributed by atoms with Crippen LogP contribution < -0.4 is 21.3 Å². The quantitative estimate of drug-likeness (QED) is 0.500. The van der Waals surface area contributed by atoms with E-state index in [1.165, 1.54) is 18.8 Å². The van der Waals surface area contributed by atoms with Gasteiger partial charge in [0.1, 0.15) is 11.9 Å². The highest BCUT2D eigenvalue weighted by molar-refractivity contribution is 5.98. The number of morpholine rings is 1. The van der Waals surface area contributed by atoms with Gasteiger partial charge < -0.3 is 26.0 Å². The van der Waals surface area contributed by atoms with E-state index in [-0.39, 0.29) is 29.4 Å². The molecule has 0 bridgehead atoms. The van der Waals surface area contributed by atoms with Crippen molar-refractivity contribution in [3.63, 3.8) is 0 Å². The van der Waals surface area contributed by atoms with Gasteiger partial charge in [-0.3, -0.25) is 4.79 Å². The number of carbonyl (C=O) groups excluding carboxylic acids is 1. The fourth-order valence-electron chi connectivity index (χ4n) is 3.81. The number of amides is 1. The zero-order chi connectivity index (χ0) is 22.2. The second-order valence-electron chi connectivity index (χ2n) is 7.90. The maximum Gasteiger partial charge on any atom is 0.274 e. The average Bonchev–Trinajstić information content (AvgIpc) is 2.84. The molecule has 32 heavy (non-hydrogen) atoms. The van der Waals surface area contributed by atoms with Gasteiger partial charge >= 0.3 is 0 Å². The van der Waals surface area contributed by atoms with E-state index in [0.717, 1.165) is 38.8 Å². The van der Waals surface area contributed by atoms with Crippen LogP contribution >= 0.6 is 0 Å². The molecule has 1 saturated carbocycles. The Morgan fingerprint density at radius 2 is 2.06 bits per heavy atom. The summed E-state index contributed by atoms with van der Waals surface area (Å²) in [6, 6.07) is 3.82. The number of carbonyl (C=O) groups is 1. The topological polar surface area (TPSA) is 150 Å². The van der Waals surface area contributed by atoms with Gasteiger partial charge in [0.15, 0.2) is 17.2 Å². The standard InChI is InChI=1S/C21H27N9O2/c22-9-15-10-26-19(13-24-15)28-18-8-17(25-12-16-11-23-6-7-32-16)20(30-29-18)21(31)27-14-4-2-1-3-5-14/h8,10,13-14,16,23H,1-7,11-12H2,(H,27,31)(H2,25,26,28,29). The number of ether oxygens (including phenoxy) is 1. The monoisotopic (exact) mass is 437 g/mol. The first-order valence-electron chi connectivity index (χ1n) is 10.9. The number of rotatable bonds is 7. The van der Waals surface area contributed by atoms with Crippen molar-refractivity contribution in [1.82, 2.24) is 30.8 Å². The van der Waals surface area contributed by atoms with Gasteiger partial charge in [0.2, 0.25) is 0 Å². The molecule has 2 aromatic heterocycles. The van der Waals surface area contributed by atoms with Gasteiger partial charge in [-0.1, -0.05) is 19.3 Å². The minimum atomic E-state index is -0.237. The number of anilines is 3. The number of nitriles is 1. The first kappa shape index (κ1) is 21.9. The summed E-state index contributed by atoms with van der Waals surface area (Å²) >= 11 is 0. The predicted octanol–water partition coefficient (Wildman–Crippen LogP) is 1.34. The number of aromatic nitrogens is 4. The van der Waals surface area contributed by atoms with Crippen LogP contribution in [0.3, 0.4) is 0 Å². The van der Waals surface area contributed by atoms with Gasteiger partial charge in [-0.2, -0.15) is 5.26 Å². The highest BCUT2D eigenvalue weighted by atomic mass is 16.5. The third-order valence-corrected chi connectivity index (χ3v) is 5.50. The van der Waals surface area contributed by atoms with E-state index in [1.807, 2.05) is 6.07 Å². The summed E-state index contributed by atoms with van der Waals surface area (Å²) in [6.07, 6.45) is 8.25. The van der Waals surface area contributed by atoms with Crippen LogP contribution in [-0.4, -0.2) is 64.5 Å². The SMILES string of the molecule is N#Cc1cnc(Nc2cc(NCC3CNCCO3)c(C(=O)NC3CCCCC3)nn2)cn1. The maximum atomic E-state index is 13.0. The van der Waals surface area contributed by atoms with Crippen LogP contribution in [0.25, 0.3) is 0 Å². The Balaban J connectivity index is 1.50. The fourth-order valence-corrected chi connectivity index (χ4v) is 3.81. The lowest BCUT2D eigenvalue weighted by atomic mass is 9.95. The summed E-state index contributed by atoms with van der Waals surface area (Å²) in [5.74, 6) is 0.589. The molecule has 1 aliphatic carbocycles. The van der Waals surface area contributed by atoms with E-state index in [9.17, 15) is 4.79 Å². The van der Waals surface area contributed by atoms with Crippen LogP contribution in [0.15, 0.2) is 18.5 Å². The van der Waals surface area contributed by atoms with Crippen LogP contribution in [-0.2, 0) is 4.74 Å². The summed E-state index contributed by atoms with van der Waals surface area (Å²) in [6.45, 7) is 2.75. The Morgan fingerprint density at radius 3 is 2.78 bits per heavy atom. The molecule has 2 aromatic rings. The van der Waals surface area contributed by atoms with E-state index < -0.39 is 0 Å². The van der Waals surface area contributed by atoms with Crippen molar-refractivity contribution in [3.8, 4) is 6.07 Å². The van der Waals surface area contributed by atoms with E-state index in [4.69, 9.17) is 10.00 Å². The predicted molar refractivity (Wildman–Crippen MR) is 118 cm³/mol. The molecule has 1 unspecified atom stereocenters. The molecule has 4 rings (SSSR count). The first-order valence-corrected chi connectivity index (χ1v) is 10.9. The highest BCUT2D eigenvalue weighted by Crippen LogP contribution is 2.21. The largest absolute Gasteiger partial charge is 0.380 e. The summed E-state index contributed by atoms with van der Waals surface area (Å²) in [5.41, 5.74) is 1.03. The lowest BCUT2D eigenvalue weighted by Gasteiger charge is -2.25. The molecule has 2 fully saturated rings. The zero-order valence-corrected chi connectivity index (χ0v) is 17.8. The van der Waals surface area contributed by atoms with Crippen LogP contribution in [0.2, 0.25) is 0 Å². The number of hydrogen-bond donors (Lipinski definition) is 4. The van der Waals surface area contributed by atoms with E-state index in [1.54, 1.807) is 6.07 Å². The molecule has 3 heterocycles. The molecule has 1 aliphatic heterocycles. The van der Waals surface area contributed by atoms with Gasteiger partial charge in [-0.25, -0.2) is 9.97 Å². The van der Waals surface area contributed by atoms with E-state index in [0.29, 0.717) is 30.5 Å². The molecule has 0 spiro atoms. The first-order chi connectivity index (χ1) is 15.7. The van der Waals surface area contributed by atoms with Gasteiger partial charge in [-0.15, -0.1) is 10.2 Å². The van der Waals surface area contributed by atoms with Crippen molar-refractivity contribution in [3.05, 3.63) is 29.8 Å². The normalized spacial score (nSPS) is 19.0. The molecule has 11 nitrogen and oxygen atoms in total. The molecule has 168 valence electrons. The molecule has 2 aliphatic rings. The maximum absolute atomic E-state index is 13.0. The van der Waals surface area contributed by atoms with Crippen LogP contribution in [0.1, 0.15) is 48.3 Å². The molecule has 1 atom stereocenters. The van der Waals surface area contributed by atoms with E-state index >= 15 is 0 Å². The lowest BCUT2D eigenvalue weighted by molar-refractivity contribution is 0.0372. The third-order valence-electron chi connectivity index (χ3n) is 5.50. The summed E-state index contributed by atoms with van der Waals surface area (Å²) in [7, 11) is 0. The van der Waals surface area contributed by atoms with Gasteiger partial charge in [0, 0.05) is 31.7 Å². The number of hydrogen-bond acceptors (Lipinski definition) is 10. The molecule has 4 N–H and O–H groups in total. The molecular weight excluding hydrogens is 410 g/mol. The summed E-state index contributed by atoms with van der Waals surface area (Å²) in [5, 5.41) is 29.9. The Bertz CT molecular complexity index is 949. The summed E-state index contributed by atoms with van der Waals surface area (Å²) in [4.78, 5) is 21.1. The molecular formula is C21H27N9O2. The Kier molecular flexibility index (Phi) is 7.37. The van der Waals surface area contributed by atoms with Crippen LogP contribution in [0.5, 0.6) is 0 Å². The Hall–Kier alpha value is -3.36. The van der Waals surface area contributed by atoms with Gasteiger partial charge in [-0.05, 0) is 12.8 Å². The van der Waals surface area contributed by atoms with Crippen molar-refractivity contribution < 1.29 is 9.53 Å². The average molecular weight is 438 g/mol.